The molecule has 3 heteroatoms. The van der Waals surface area contributed by atoms with Crippen molar-refractivity contribution in [2.45, 2.75) is 13.5 Å². The maximum absolute atomic E-state index is 5.66. The third kappa shape index (κ3) is 3.48. The molecule has 0 atom stereocenters. The molecule has 0 saturated carbocycles. The molecule has 0 N–H and O–H groups in total. The minimum absolute atomic E-state index is 0.552. The predicted molar refractivity (Wildman–Crippen MR) is 66.2 cm³/mol. The normalized spacial score (nSPS) is 9.94. The fourth-order valence-corrected chi connectivity index (χ4v) is 1.45. The summed E-state index contributed by atoms with van der Waals surface area (Å²) in [6.45, 7) is 3.09. The van der Waals surface area contributed by atoms with E-state index in [1.807, 2.05) is 43.3 Å². The van der Waals surface area contributed by atoms with Crippen molar-refractivity contribution in [3.63, 3.8) is 0 Å². The van der Waals surface area contributed by atoms with E-state index in [0.717, 1.165) is 11.3 Å². The van der Waals surface area contributed by atoms with E-state index < -0.39 is 0 Å². The molecule has 0 aliphatic carbocycles. The lowest BCUT2D eigenvalue weighted by Crippen LogP contribution is -1.97. The quantitative estimate of drug-likeness (QED) is 0.789. The standard InChI is InChI=1S/C14H15NO2/c1-2-16-14-10-13(8-9-15-14)17-11-12-6-4-3-5-7-12/h3-10H,2,11H2,1H3. The summed E-state index contributed by atoms with van der Waals surface area (Å²) in [6, 6.07) is 13.7. The van der Waals surface area contributed by atoms with Gasteiger partial charge in [-0.15, -0.1) is 0 Å². The van der Waals surface area contributed by atoms with Gasteiger partial charge in [-0.1, -0.05) is 30.3 Å². The van der Waals surface area contributed by atoms with Gasteiger partial charge in [-0.25, -0.2) is 4.98 Å². The maximum Gasteiger partial charge on any atom is 0.216 e. The van der Waals surface area contributed by atoms with Crippen LogP contribution in [0.4, 0.5) is 0 Å². The van der Waals surface area contributed by atoms with Crippen molar-refractivity contribution in [1.82, 2.24) is 4.98 Å². The molecule has 0 unspecified atom stereocenters. The van der Waals surface area contributed by atoms with Crippen LogP contribution in [0.15, 0.2) is 48.7 Å². The molecule has 2 rings (SSSR count). The lowest BCUT2D eigenvalue weighted by Gasteiger charge is -2.07. The van der Waals surface area contributed by atoms with Crippen LogP contribution in [0.1, 0.15) is 12.5 Å². The largest absolute Gasteiger partial charge is 0.489 e. The summed E-state index contributed by atoms with van der Waals surface area (Å²) in [5.41, 5.74) is 1.14. The molecule has 0 aliphatic heterocycles. The van der Waals surface area contributed by atoms with E-state index in [2.05, 4.69) is 4.98 Å². The van der Waals surface area contributed by atoms with Crippen LogP contribution >= 0.6 is 0 Å². The van der Waals surface area contributed by atoms with Gasteiger partial charge in [0.05, 0.1) is 6.61 Å². The van der Waals surface area contributed by atoms with Crippen molar-refractivity contribution in [1.29, 1.82) is 0 Å². The van der Waals surface area contributed by atoms with Crippen LogP contribution < -0.4 is 9.47 Å². The molecule has 0 spiro atoms. The second-order valence-corrected chi connectivity index (χ2v) is 3.54. The highest BCUT2D eigenvalue weighted by Crippen LogP contribution is 2.17. The fraction of sp³-hybridized carbons (Fsp3) is 0.214. The number of ether oxygens (including phenoxy) is 2. The Hall–Kier alpha value is -2.03. The van der Waals surface area contributed by atoms with Gasteiger partial charge in [0.15, 0.2) is 0 Å². The van der Waals surface area contributed by atoms with E-state index >= 15 is 0 Å². The van der Waals surface area contributed by atoms with E-state index in [0.29, 0.717) is 19.1 Å². The van der Waals surface area contributed by atoms with Crippen LogP contribution in [0, 0.1) is 0 Å². The van der Waals surface area contributed by atoms with Crippen molar-refractivity contribution < 1.29 is 9.47 Å². The van der Waals surface area contributed by atoms with E-state index in [4.69, 9.17) is 9.47 Å². The van der Waals surface area contributed by atoms with Gasteiger partial charge in [-0.2, -0.15) is 0 Å². The van der Waals surface area contributed by atoms with Crippen LogP contribution in [0.5, 0.6) is 11.6 Å². The molecule has 1 aromatic heterocycles. The maximum atomic E-state index is 5.66. The number of hydrogen-bond donors (Lipinski definition) is 0. The number of nitrogens with zero attached hydrogens (tertiary/aromatic N) is 1. The van der Waals surface area contributed by atoms with Crippen LogP contribution in [-0.4, -0.2) is 11.6 Å². The first-order chi connectivity index (χ1) is 8.38. The Labute approximate surface area is 101 Å². The minimum atomic E-state index is 0.552. The molecular formula is C14H15NO2. The van der Waals surface area contributed by atoms with Crippen LogP contribution in [0.3, 0.4) is 0 Å². The van der Waals surface area contributed by atoms with E-state index in [1.165, 1.54) is 0 Å². The Bertz CT molecular complexity index is 457. The lowest BCUT2D eigenvalue weighted by molar-refractivity contribution is 0.295. The second kappa shape index (κ2) is 5.89. The van der Waals surface area contributed by atoms with Gasteiger partial charge in [0, 0.05) is 12.3 Å². The van der Waals surface area contributed by atoms with Crippen LogP contribution in [-0.2, 0) is 6.61 Å². The van der Waals surface area contributed by atoms with E-state index in [9.17, 15) is 0 Å². The topological polar surface area (TPSA) is 31.4 Å². The summed E-state index contributed by atoms with van der Waals surface area (Å²) in [5, 5.41) is 0. The third-order valence-electron chi connectivity index (χ3n) is 2.25. The molecule has 2 aromatic rings. The van der Waals surface area contributed by atoms with Gasteiger partial charge < -0.3 is 9.47 Å². The fourth-order valence-electron chi connectivity index (χ4n) is 1.45. The first-order valence-corrected chi connectivity index (χ1v) is 5.64. The number of rotatable bonds is 5. The molecule has 1 aromatic carbocycles. The summed E-state index contributed by atoms with van der Waals surface area (Å²) < 4.78 is 11.0. The molecule has 0 aliphatic rings. The summed E-state index contributed by atoms with van der Waals surface area (Å²) >= 11 is 0. The highest BCUT2D eigenvalue weighted by Gasteiger charge is 1.99. The zero-order chi connectivity index (χ0) is 11.9. The minimum Gasteiger partial charge on any atom is -0.489 e. The number of hydrogen-bond acceptors (Lipinski definition) is 3. The zero-order valence-electron chi connectivity index (χ0n) is 9.80. The van der Waals surface area contributed by atoms with Gasteiger partial charge in [0.2, 0.25) is 5.88 Å². The van der Waals surface area contributed by atoms with Crippen molar-refractivity contribution in [3.05, 3.63) is 54.2 Å². The molecule has 0 radical (unpaired) electrons. The Morgan fingerprint density at radius 2 is 1.88 bits per heavy atom. The molecule has 17 heavy (non-hydrogen) atoms. The second-order valence-electron chi connectivity index (χ2n) is 3.54. The van der Waals surface area contributed by atoms with Gasteiger partial charge in [-0.05, 0) is 18.6 Å². The first-order valence-electron chi connectivity index (χ1n) is 5.64. The summed E-state index contributed by atoms with van der Waals surface area (Å²) in [7, 11) is 0. The Kier molecular flexibility index (Phi) is 3.97. The van der Waals surface area contributed by atoms with Crippen molar-refractivity contribution in [2.75, 3.05) is 6.61 Å². The SMILES string of the molecule is CCOc1cc(OCc2ccccc2)ccn1. The van der Waals surface area contributed by atoms with Gasteiger partial charge >= 0.3 is 0 Å². The molecule has 0 amide bonds. The molecule has 0 saturated heterocycles. The molecular weight excluding hydrogens is 214 g/mol. The van der Waals surface area contributed by atoms with Crippen LogP contribution in [0.2, 0.25) is 0 Å². The highest BCUT2D eigenvalue weighted by atomic mass is 16.5. The number of benzene rings is 1. The molecule has 3 nitrogen and oxygen atoms in total. The number of aromatic nitrogens is 1. The first kappa shape index (κ1) is 11.5. The number of pyridine rings is 1. The van der Waals surface area contributed by atoms with Gasteiger partial charge in [0.1, 0.15) is 12.4 Å². The summed E-state index contributed by atoms with van der Waals surface area (Å²) in [6.07, 6.45) is 1.69. The summed E-state index contributed by atoms with van der Waals surface area (Å²) in [4.78, 5) is 4.08. The average Bonchev–Trinajstić information content (AvgIpc) is 2.39. The van der Waals surface area contributed by atoms with Crippen molar-refractivity contribution in [2.24, 2.45) is 0 Å². The Morgan fingerprint density at radius 1 is 1.06 bits per heavy atom. The van der Waals surface area contributed by atoms with E-state index in [1.54, 1.807) is 12.3 Å². The Morgan fingerprint density at radius 3 is 2.65 bits per heavy atom. The third-order valence-corrected chi connectivity index (χ3v) is 2.25. The zero-order valence-corrected chi connectivity index (χ0v) is 9.80. The monoisotopic (exact) mass is 229 g/mol. The lowest BCUT2D eigenvalue weighted by atomic mass is 10.2. The molecule has 88 valence electrons. The smallest absolute Gasteiger partial charge is 0.216 e. The molecule has 1 heterocycles. The molecule has 0 fully saturated rings. The average molecular weight is 229 g/mol. The van der Waals surface area contributed by atoms with Crippen molar-refractivity contribution in [3.8, 4) is 11.6 Å². The van der Waals surface area contributed by atoms with Gasteiger partial charge in [0.25, 0.3) is 0 Å². The van der Waals surface area contributed by atoms with Crippen molar-refractivity contribution >= 4 is 0 Å². The summed E-state index contributed by atoms with van der Waals surface area (Å²) in [5.74, 6) is 1.37. The molecule has 0 bridgehead atoms. The predicted octanol–water partition coefficient (Wildman–Crippen LogP) is 3.06. The van der Waals surface area contributed by atoms with E-state index in [-0.39, 0.29) is 0 Å². The Balaban J connectivity index is 1.97. The highest BCUT2D eigenvalue weighted by molar-refractivity contribution is 5.26. The van der Waals surface area contributed by atoms with Crippen LogP contribution in [0.25, 0.3) is 0 Å². The van der Waals surface area contributed by atoms with Gasteiger partial charge in [-0.3, -0.25) is 0 Å².